The van der Waals surface area contributed by atoms with Crippen molar-refractivity contribution in [1.29, 1.82) is 0 Å². The van der Waals surface area contributed by atoms with Gasteiger partial charge in [-0.3, -0.25) is 4.79 Å². The summed E-state index contributed by atoms with van der Waals surface area (Å²) < 4.78 is 25.2. The highest BCUT2D eigenvalue weighted by atomic mass is 32.2. The lowest BCUT2D eigenvalue weighted by Gasteiger charge is -2.19. The first-order valence-electron chi connectivity index (χ1n) is 8.56. The average molecular weight is 407 g/mol. The fourth-order valence-electron chi connectivity index (χ4n) is 2.32. The summed E-state index contributed by atoms with van der Waals surface area (Å²) in [7, 11) is -0.501. The topological polar surface area (TPSA) is 66.5 Å². The number of carbonyl (C=O) groups is 1. The second kappa shape index (κ2) is 8.46. The Hall–Kier alpha value is -1.83. The Bertz CT molecular complexity index is 882. The van der Waals surface area contributed by atoms with Gasteiger partial charge in [0.15, 0.2) is 0 Å². The number of anilines is 1. The third kappa shape index (κ3) is 5.82. The van der Waals surface area contributed by atoms with Crippen molar-refractivity contribution in [3.63, 3.8) is 0 Å². The number of rotatable bonds is 6. The van der Waals surface area contributed by atoms with Crippen molar-refractivity contribution in [3.05, 3.63) is 54.1 Å². The van der Waals surface area contributed by atoms with Crippen molar-refractivity contribution in [3.8, 4) is 0 Å². The van der Waals surface area contributed by atoms with Crippen molar-refractivity contribution in [2.75, 3.05) is 25.2 Å². The predicted octanol–water partition coefficient (Wildman–Crippen LogP) is 3.97. The van der Waals surface area contributed by atoms with E-state index in [0.717, 1.165) is 9.20 Å². The SMILES string of the molecule is CN(C)S(=O)(=O)c1ccc(NC(=O)CSc2ccc(C(C)(C)C)cc2)cc1. The maximum absolute atomic E-state index is 12.1. The minimum atomic E-state index is -3.47. The molecule has 5 nitrogen and oxygen atoms in total. The van der Waals surface area contributed by atoms with Gasteiger partial charge in [-0.15, -0.1) is 11.8 Å². The average Bonchev–Trinajstić information content (AvgIpc) is 2.60. The van der Waals surface area contributed by atoms with Crippen LogP contribution in [0.5, 0.6) is 0 Å². The number of nitrogens with one attached hydrogen (secondary N) is 1. The van der Waals surface area contributed by atoms with E-state index in [4.69, 9.17) is 0 Å². The highest BCUT2D eigenvalue weighted by Crippen LogP contribution is 2.26. The minimum absolute atomic E-state index is 0.104. The molecule has 7 heteroatoms. The number of nitrogens with zero attached hydrogens (tertiary/aromatic N) is 1. The van der Waals surface area contributed by atoms with Crippen LogP contribution in [0.4, 0.5) is 5.69 Å². The Morgan fingerprint density at radius 3 is 2.04 bits per heavy atom. The summed E-state index contributed by atoms with van der Waals surface area (Å²) in [5.74, 6) is 0.148. The number of amides is 1. The molecule has 0 heterocycles. The van der Waals surface area contributed by atoms with E-state index in [1.165, 1.54) is 43.6 Å². The van der Waals surface area contributed by atoms with Crippen LogP contribution in [0, 0.1) is 0 Å². The third-order valence-electron chi connectivity index (χ3n) is 4.01. The van der Waals surface area contributed by atoms with E-state index in [1.807, 2.05) is 12.1 Å². The molecule has 1 N–H and O–H groups in total. The summed E-state index contributed by atoms with van der Waals surface area (Å²) in [4.78, 5) is 13.4. The zero-order chi connectivity index (χ0) is 20.2. The van der Waals surface area contributed by atoms with Crippen LogP contribution >= 0.6 is 11.8 Å². The maximum Gasteiger partial charge on any atom is 0.242 e. The molecular weight excluding hydrogens is 380 g/mol. The van der Waals surface area contributed by atoms with Gasteiger partial charge in [-0.05, 0) is 47.4 Å². The van der Waals surface area contributed by atoms with Crippen LogP contribution < -0.4 is 5.32 Å². The molecule has 0 aliphatic heterocycles. The molecule has 0 unspecified atom stereocenters. The lowest BCUT2D eigenvalue weighted by atomic mass is 9.87. The molecule has 0 spiro atoms. The molecule has 0 fully saturated rings. The summed E-state index contributed by atoms with van der Waals surface area (Å²) in [5, 5.41) is 2.79. The van der Waals surface area contributed by atoms with Crippen LogP contribution in [-0.2, 0) is 20.2 Å². The van der Waals surface area contributed by atoms with Crippen molar-refractivity contribution in [1.82, 2.24) is 4.31 Å². The molecule has 1 amide bonds. The zero-order valence-electron chi connectivity index (χ0n) is 16.3. The number of sulfonamides is 1. The Morgan fingerprint density at radius 1 is 1.00 bits per heavy atom. The van der Waals surface area contributed by atoms with Gasteiger partial charge < -0.3 is 5.32 Å². The van der Waals surface area contributed by atoms with Gasteiger partial charge >= 0.3 is 0 Å². The number of hydrogen-bond donors (Lipinski definition) is 1. The molecular formula is C20H26N2O3S2. The van der Waals surface area contributed by atoms with Gasteiger partial charge in [0.05, 0.1) is 10.6 Å². The first-order chi connectivity index (χ1) is 12.5. The van der Waals surface area contributed by atoms with Gasteiger partial charge in [0.25, 0.3) is 0 Å². The minimum Gasteiger partial charge on any atom is -0.325 e. The standard InChI is InChI=1S/C20H26N2O3S2/c1-20(2,3)15-6-10-17(11-7-15)26-14-19(23)21-16-8-12-18(13-9-16)27(24,25)22(4)5/h6-13H,14H2,1-5H3,(H,21,23). The van der Waals surface area contributed by atoms with Crippen molar-refractivity contribution < 1.29 is 13.2 Å². The van der Waals surface area contributed by atoms with Gasteiger partial charge in [-0.2, -0.15) is 0 Å². The van der Waals surface area contributed by atoms with E-state index in [-0.39, 0.29) is 22.0 Å². The summed E-state index contributed by atoms with van der Waals surface area (Å²) in [6.45, 7) is 6.49. The summed E-state index contributed by atoms with van der Waals surface area (Å²) in [6.07, 6.45) is 0. The molecule has 2 aromatic carbocycles. The van der Waals surface area contributed by atoms with Gasteiger partial charge in [0.1, 0.15) is 0 Å². The lowest BCUT2D eigenvalue weighted by Crippen LogP contribution is -2.22. The zero-order valence-corrected chi connectivity index (χ0v) is 17.9. The largest absolute Gasteiger partial charge is 0.325 e. The van der Waals surface area contributed by atoms with Crippen LogP contribution in [0.25, 0.3) is 0 Å². The fourth-order valence-corrected chi connectivity index (χ4v) is 3.92. The number of benzene rings is 2. The van der Waals surface area contributed by atoms with Gasteiger partial charge in [0.2, 0.25) is 15.9 Å². The summed E-state index contributed by atoms with van der Waals surface area (Å²) in [5.41, 5.74) is 1.93. The first-order valence-corrected chi connectivity index (χ1v) is 11.0. The molecule has 0 saturated heterocycles. The van der Waals surface area contributed by atoms with E-state index >= 15 is 0 Å². The Labute approximate surface area is 166 Å². The molecule has 0 radical (unpaired) electrons. The second-order valence-electron chi connectivity index (χ2n) is 7.42. The molecule has 0 atom stereocenters. The van der Waals surface area contributed by atoms with E-state index in [0.29, 0.717) is 5.69 Å². The molecule has 2 aromatic rings. The van der Waals surface area contributed by atoms with Crippen LogP contribution in [0.2, 0.25) is 0 Å². The highest BCUT2D eigenvalue weighted by molar-refractivity contribution is 8.00. The Balaban J connectivity index is 1.92. The van der Waals surface area contributed by atoms with Crippen LogP contribution in [0.15, 0.2) is 58.3 Å². The van der Waals surface area contributed by atoms with Crippen LogP contribution in [0.3, 0.4) is 0 Å². The summed E-state index contributed by atoms with van der Waals surface area (Å²) >= 11 is 1.46. The normalized spacial score (nSPS) is 12.2. The molecule has 0 saturated carbocycles. The van der Waals surface area contributed by atoms with E-state index in [2.05, 4.69) is 38.2 Å². The molecule has 0 bridgehead atoms. The van der Waals surface area contributed by atoms with Crippen molar-refractivity contribution in [2.24, 2.45) is 0 Å². The number of carbonyl (C=O) groups excluding carboxylic acids is 1. The van der Waals surface area contributed by atoms with Crippen molar-refractivity contribution in [2.45, 2.75) is 36.0 Å². The molecule has 0 aromatic heterocycles. The van der Waals surface area contributed by atoms with E-state index in [1.54, 1.807) is 12.1 Å². The predicted molar refractivity (Wildman–Crippen MR) is 112 cm³/mol. The monoisotopic (exact) mass is 406 g/mol. The highest BCUT2D eigenvalue weighted by Gasteiger charge is 2.17. The molecule has 0 aliphatic rings. The maximum atomic E-state index is 12.1. The van der Waals surface area contributed by atoms with Gasteiger partial charge in [-0.1, -0.05) is 32.9 Å². The molecule has 27 heavy (non-hydrogen) atoms. The van der Waals surface area contributed by atoms with E-state index < -0.39 is 10.0 Å². The van der Waals surface area contributed by atoms with Gasteiger partial charge in [-0.25, -0.2) is 12.7 Å². The fraction of sp³-hybridized carbons (Fsp3) is 0.350. The molecule has 0 aliphatic carbocycles. The Kier molecular flexibility index (Phi) is 6.72. The van der Waals surface area contributed by atoms with E-state index in [9.17, 15) is 13.2 Å². The van der Waals surface area contributed by atoms with Crippen LogP contribution in [0.1, 0.15) is 26.3 Å². The third-order valence-corrected chi connectivity index (χ3v) is 6.85. The lowest BCUT2D eigenvalue weighted by molar-refractivity contribution is -0.113. The molecule has 2 rings (SSSR count). The first kappa shape index (κ1) is 21.5. The summed E-state index contributed by atoms with van der Waals surface area (Å²) in [6, 6.07) is 14.4. The van der Waals surface area contributed by atoms with Crippen molar-refractivity contribution >= 4 is 33.4 Å². The van der Waals surface area contributed by atoms with Crippen LogP contribution in [-0.4, -0.2) is 38.5 Å². The molecule has 146 valence electrons. The number of hydrogen-bond acceptors (Lipinski definition) is 4. The second-order valence-corrected chi connectivity index (χ2v) is 10.6. The van der Waals surface area contributed by atoms with Gasteiger partial charge in [0, 0.05) is 24.7 Å². The Morgan fingerprint density at radius 2 is 1.56 bits per heavy atom. The number of thioether (sulfide) groups is 1. The smallest absolute Gasteiger partial charge is 0.242 e. The quantitative estimate of drug-likeness (QED) is 0.737.